The van der Waals surface area contributed by atoms with Gasteiger partial charge in [0.05, 0.1) is 6.21 Å². The van der Waals surface area contributed by atoms with E-state index >= 15 is 0 Å². The SMILES string of the molecule is NC(=NN=Cc1cccc(CBr)c1F)SCc1ccccc1. The summed E-state index contributed by atoms with van der Waals surface area (Å²) >= 11 is 4.63. The molecule has 0 aliphatic rings. The molecule has 0 aromatic heterocycles. The molecule has 0 unspecified atom stereocenters. The summed E-state index contributed by atoms with van der Waals surface area (Å²) in [5, 5.41) is 8.53. The van der Waals surface area contributed by atoms with Crippen LogP contribution in [-0.2, 0) is 11.1 Å². The number of nitrogens with two attached hydrogens (primary N) is 1. The van der Waals surface area contributed by atoms with Crippen LogP contribution >= 0.6 is 27.7 Å². The molecular weight excluding hydrogens is 365 g/mol. The van der Waals surface area contributed by atoms with Crippen molar-refractivity contribution in [2.45, 2.75) is 11.1 Å². The highest BCUT2D eigenvalue weighted by Crippen LogP contribution is 2.15. The second kappa shape index (κ2) is 8.70. The van der Waals surface area contributed by atoms with E-state index in [2.05, 4.69) is 26.1 Å². The maximum Gasteiger partial charge on any atom is 0.180 e. The quantitative estimate of drug-likeness (QED) is 0.364. The van der Waals surface area contributed by atoms with Crippen molar-refractivity contribution in [3.8, 4) is 0 Å². The normalized spacial score (nSPS) is 12.0. The smallest absolute Gasteiger partial charge is 0.180 e. The molecule has 2 N–H and O–H groups in total. The summed E-state index contributed by atoms with van der Waals surface area (Å²) in [5.41, 5.74) is 7.91. The first-order chi connectivity index (χ1) is 10.7. The minimum Gasteiger partial charge on any atom is -0.377 e. The van der Waals surface area contributed by atoms with Gasteiger partial charge in [0.1, 0.15) is 5.82 Å². The Hall–Kier alpha value is -1.66. The Kier molecular flexibility index (Phi) is 6.61. The zero-order valence-corrected chi connectivity index (χ0v) is 14.1. The molecular formula is C16H15BrFN3S. The molecule has 0 heterocycles. The molecule has 2 rings (SSSR count). The van der Waals surface area contributed by atoms with Crippen molar-refractivity contribution in [1.82, 2.24) is 0 Å². The highest BCUT2D eigenvalue weighted by atomic mass is 79.9. The summed E-state index contributed by atoms with van der Waals surface area (Å²) in [5.74, 6) is 0.424. The fourth-order valence-corrected chi connectivity index (χ4v) is 2.76. The summed E-state index contributed by atoms with van der Waals surface area (Å²) in [4.78, 5) is 0. The molecule has 3 nitrogen and oxygen atoms in total. The standard InChI is InChI=1S/C16H15BrFN3S/c17-9-13-7-4-8-14(15(13)18)10-20-21-16(19)22-11-12-5-2-1-3-6-12/h1-8,10H,9,11H2,(H2,19,21). The van der Waals surface area contributed by atoms with Gasteiger partial charge in [-0.3, -0.25) is 0 Å². The molecule has 2 aromatic rings. The van der Waals surface area contributed by atoms with Crippen LogP contribution < -0.4 is 5.73 Å². The van der Waals surface area contributed by atoms with E-state index in [1.54, 1.807) is 18.2 Å². The Morgan fingerprint density at radius 1 is 1.18 bits per heavy atom. The van der Waals surface area contributed by atoms with Gasteiger partial charge in [0.25, 0.3) is 0 Å². The Labute approximate surface area is 141 Å². The van der Waals surface area contributed by atoms with Crippen LogP contribution in [0.1, 0.15) is 16.7 Å². The van der Waals surface area contributed by atoms with Crippen molar-refractivity contribution in [2.75, 3.05) is 0 Å². The van der Waals surface area contributed by atoms with E-state index in [1.807, 2.05) is 30.3 Å². The third-order valence-corrected chi connectivity index (χ3v) is 4.29. The van der Waals surface area contributed by atoms with Gasteiger partial charge < -0.3 is 5.73 Å². The highest BCUT2D eigenvalue weighted by Gasteiger charge is 2.04. The van der Waals surface area contributed by atoms with E-state index < -0.39 is 0 Å². The molecule has 0 aliphatic carbocycles. The summed E-state index contributed by atoms with van der Waals surface area (Å²) in [7, 11) is 0. The average molecular weight is 380 g/mol. The van der Waals surface area contributed by atoms with Crippen molar-refractivity contribution in [3.05, 3.63) is 71.0 Å². The molecule has 0 saturated heterocycles. The molecule has 0 atom stereocenters. The van der Waals surface area contributed by atoms with E-state index in [0.29, 0.717) is 21.6 Å². The van der Waals surface area contributed by atoms with Gasteiger partial charge in [-0.1, -0.05) is 76.2 Å². The Morgan fingerprint density at radius 2 is 1.95 bits per heavy atom. The van der Waals surface area contributed by atoms with Crippen molar-refractivity contribution in [3.63, 3.8) is 0 Å². The second-order valence-corrected chi connectivity index (χ2v) is 5.97. The first-order valence-corrected chi connectivity index (χ1v) is 8.68. The van der Waals surface area contributed by atoms with Gasteiger partial charge in [-0.2, -0.15) is 5.10 Å². The number of thioether (sulfide) groups is 1. The third-order valence-electron chi connectivity index (χ3n) is 2.84. The molecule has 114 valence electrons. The molecule has 0 radical (unpaired) electrons. The topological polar surface area (TPSA) is 50.7 Å². The van der Waals surface area contributed by atoms with E-state index in [0.717, 1.165) is 11.3 Å². The van der Waals surface area contributed by atoms with Gasteiger partial charge in [-0.05, 0) is 11.1 Å². The molecule has 0 aliphatic heterocycles. The first kappa shape index (κ1) is 16.7. The number of hydrogen-bond acceptors (Lipinski definition) is 3. The van der Waals surface area contributed by atoms with Crippen LogP contribution in [0.3, 0.4) is 0 Å². The number of hydrogen-bond donors (Lipinski definition) is 1. The average Bonchev–Trinajstić information content (AvgIpc) is 2.55. The Bertz CT molecular complexity index is 674. The lowest BCUT2D eigenvalue weighted by Crippen LogP contribution is -2.06. The predicted octanol–water partition coefficient (Wildman–Crippen LogP) is 4.30. The number of amidine groups is 1. The van der Waals surface area contributed by atoms with Gasteiger partial charge in [0, 0.05) is 16.6 Å². The number of halogens is 2. The maximum atomic E-state index is 14.0. The summed E-state index contributed by atoms with van der Waals surface area (Å²) in [6.45, 7) is 0. The molecule has 6 heteroatoms. The zero-order chi connectivity index (χ0) is 15.8. The van der Waals surface area contributed by atoms with Crippen LogP contribution in [0.25, 0.3) is 0 Å². The number of alkyl halides is 1. The molecule has 0 amide bonds. The minimum atomic E-state index is -0.297. The summed E-state index contributed by atoms with van der Waals surface area (Å²) in [6.07, 6.45) is 1.37. The number of nitrogens with zero attached hydrogens (tertiary/aromatic N) is 2. The van der Waals surface area contributed by atoms with Gasteiger partial charge in [-0.25, -0.2) is 4.39 Å². The lowest BCUT2D eigenvalue weighted by Gasteiger charge is -2.01. The van der Waals surface area contributed by atoms with Crippen molar-refractivity contribution >= 4 is 39.1 Å². The maximum absolute atomic E-state index is 14.0. The van der Waals surface area contributed by atoms with Gasteiger partial charge in [-0.15, -0.1) is 5.10 Å². The largest absolute Gasteiger partial charge is 0.377 e. The second-order valence-electron chi connectivity index (χ2n) is 4.41. The van der Waals surface area contributed by atoms with Crippen molar-refractivity contribution < 1.29 is 4.39 Å². The molecule has 0 bridgehead atoms. The lowest BCUT2D eigenvalue weighted by atomic mass is 10.1. The first-order valence-electron chi connectivity index (χ1n) is 6.57. The number of benzene rings is 2. The van der Waals surface area contributed by atoms with Crippen LogP contribution in [0, 0.1) is 5.82 Å². The van der Waals surface area contributed by atoms with Crippen LogP contribution in [0.4, 0.5) is 4.39 Å². The fraction of sp³-hybridized carbons (Fsp3) is 0.125. The highest BCUT2D eigenvalue weighted by molar-refractivity contribution is 9.08. The molecule has 0 saturated carbocycles. The van der Waals surface area contributed by atoms with Crippen LogP contribution in [-0.4, -0.2) is 11.4 Å². The van der Waals surface area contributed by atoms with E-state index in [4.69, 9.17) is 5.73 Å². The van der Waals surface area contributed by atoms with E-state index in [1.165, 1.54) is 18.0 Å². The fourth-order valence-electron chi connectivity index (χ4n) is 1.71. The minimum absolute atomic E-state index is 0.297. The van der Waals surface area contributed by atoms with Crippen LogP contribution in [0.5, 0.6) is 0 Å². The monoisotopic (exact) mass is 379 g/mol. The lowest BCUT2D eigenvalue weighted by molar-refractivity contribution is 0.616. The Morgan fingerprint density at radius 3 is 2.68 bits per heavy atom. The third kappa shape index (κ3) is 4.96. The van der Waals surface area contributed by atoms with Gasteiger partial charge in [0.2, 0.25) is 0 Å². The van der Waals surface area contributed by atoms with E-state index in [9.17, 15) is 4.39 Å². The van der Waals surface area contributed by atoms with Crippen LogP contribution in [0.2, 0.25) is 0 Å². The van der Waals surface area contributed by atoms with Gasteiger partial charge >= 0.3 is 0 Å². The van der Waals surface area contributed by atoms with Gasteiger partial charge in [0.15, 0.2) is 5.17 Å². The summed E-state index contributed by atoms with van der Waals surface area (Å²) < 4.78 is 14.0. The van der Waals surface area contributed by atoms with Crippen molar-refractivity contribution in [2.24, 2.45) is 15.9 Å². The zero-order valence-electron chi connectivity index (χ0n) is 11.7. The van der Waals surface area contributed by atoms with Crippen molar-refractivity contribution in [1.29, 1.82) is 0 Å². The molecule has 0 spiro atoms. The number of rotatable bonds is 5. The Balaban J connectivity index is 1.95. The molecule has 22 heavy (non-hydrogen) atoms. The predicted molar refractivity (Wildman–Crippen MR) is 96.0 cm³/mol. The summed E-state index contributed by atoms with van der Waals surface area (Å²) in [6, 6.07) is 15.1. The van der Waals surface area contributed by atoms with Crippen LogP contribution in [0.15, 0.2) is 58.7 Å². The van der Waals surface area contributed by atoms with E-state index in [-0.39, 0.29) is 5.82 Å². The molecule has 2 aromatic carbocycles. The molecule has 0 fully saturated rings.